The average molecular weight is 287 g/mol. The van der Waals surface area contributed by atoms with Gasteiger partial charge in [-0.1, -0.05) is 0 Å². The van der Waals surface area contributed by atoms with Gasteiger partial charge in [0, 0.05) is 23.6 Å². The van der Waals surface area contributed by atoms with Gasteiger partial charge in [-0.3, -0.25) is 9.59 Å². The Balaban J connectivity index is 2.65. The molecule has 0 aliphatic heterocycles. The minimum atomic E-state index is -0.472. The summed E-state index contributed by atoms with van der Waals surface area (Å²) in [6, 6.07) is 1.56. The molecule has 86 valence electrons. The third-order valence-electron chi connectivity index (χ3n) is 1.79. The maximum Gasteiger partial charge on any atom is 0.255 e. The molecule has 0 saturated heterocycles. The van der Waals surface area contributed by atoms with Crippen LogP contribution in [0.3, 0.4) is 0 Å². The Morgan fingerprint density at radius 3 is 2.81 bits per heavy atom. The molecule has 0 fully saturated rings. The van der Waals surface area contributed by atoms with Crippen LogP contribution in [-0.2, 0) is 4.79 Å². The molecule has 6 nitrogen and oxygen atoms in total. The SMILES string of the molecule is NC(=O)CCNC(=O)c1cc(Br)cnc1N. The summed E-state index contributed by atoms with van der Waals surface area (Å²) >= 11 is 3.18. The van der Waals surface area contributed by atoms with E-state index in [-0.39, 0.29) is 30.3 Å². The summed E-state index contributed by atoms with van der Waals surface area (Å²) in [4.78, 5) is 25.9. The molecule has 0 spiro atoms. The number of aromatic nitrogens is 1. The number of nitrogens with one attached hydrogen (secondary N) is 1. The molecule has 0 aliphatic rings. The summed E-state index contributed by atoms with van der Waals surface area (Å²) in [5.74, 6) is -0.715. The zero-order valence-electron chi connectivity index (χ0n) is 8.37. The summed E-state index contributed by atoms with van der Waals surface area (Å²) in [6.45, 7) is 0.181. The van der Waals surface area contributed by atoms with Crippen LogP contribution in [0.25, 0.3) is 0 Å². The molecule has 7 heteroatoms. The van der Waals surface area contributed by atoms with Crippen molar-refractivity contribution in [1.82, 2.24) is 10.3 Å². The smallest absolute Gasteiger partial charge is 0.255 e. The van der Waals surface area contributed by atoms with Gasteiger partial charge in [-0.05, 0) is 22.0 Å². The van der Waals surface area contributed by atoms with Crippen molar-refractivity contribution < 1.29 is 9.59 Å². The molecule has 0 atom stereocenters. The highest BCUT2D eigenvalue weighted by atomic mass is 79.9. The fourth-order valence-electron chi connectivity index (χ4n) is 1.03. The van der Waals surface area contributed by atoms with Crippen LogP contribution < -0.4 is 16.8 Å². The molecule has 16 heavy (non-hydrogen) atoms. The summed E-state index contributed by atoms with van der Waals surface area (Å²) in [5.41, 5.74) is 10.7. The molecule has 0 bridgehead atoms. The second-order valence-corrected chi connectivity index (χ2v) is 3.97. The van der Waals surface area contributed by atoms with E-state index in [2.05, 4.69) is 26.2 Å². The van der Waals surface area contributed by atoms with Crippen LogP contribution in [0.15, 0.2) is 16.7 Å². The van der Waals surface area contributed by atoms with Crippen molar-refractivity contribution in [2.75, 3.05) is 12.3 Å². The van der Waals surface area contributed by atoms with Crippen LogP contribution in [0.1, 0.15) is 16.8 Å². The second kappa shape index (κ2) is 5.45. The highest BCUT2D eigenvalue weighted by Crippen LogP contribution is 2.15. The molecular weight excluding hydrogens is 276 g/mol. The lowest BCUT2D eigenvalue weighted by molar-refractivity contribution is -0.117. The Bertz CT molecular complexity index is 422. The third kappa shape index (κ3) is 3.50. The van der Waals surface area contributed by atoms with Crippen molar-refractivity contribution in [2.45, 2.75) is 6.42 Å². The average Bonchev–Trinajstić information content (AvgIpc) is 2.21. The first-order valence-corrected chi connectivity index (χ1v) is 5.27. The summed E-state index contributed by atoms with van der Waals surface area (Å²) in [5, 5.41) is 2.52. The fraction of sp³-hybridized carbons (Fsp3) is 0.222. The lowest BCUT2D eigenvalue weighted by Crippen LogP contribution is -2.28. The Morgan fingerprint density at radius 2 is 2.19 bits per heavy atom. The molecule has 1 rings (SSSR count). The van der Waals surface area contributed by atoms with Gasteiger partial charge >= 0.3 is 0 Å². The molecule has 5 N–H and O–H groups in total. The van der Waals surface area contributed by atoms with E-state index < -0.39 is 5.91 Å². The zero-order valence-corrected chi connectivity index (χ0v) is 9.95. The van der Waals surface area contributed by atoms with E-state index in [1.165, 1.54) is 6.20 Å². The van der Waals surface area contributed by atoms with E-state index in [4.69, 9.17) is 11.5 Å². The van der Waals surface area contributed by atoms with E-state index in [0.717, 1.165) is 0 Å². The second-order valence-electron chi connectivity index (χ2n) is 3.06. The first kappa shape index (κ1) is 12.4. The van der Waals surface area contributed by atoms with Crippen LogP contribution in [0.2, 0.25) is 0 Å². The Hall–Kier alpha value is -1.63. The molecule has 1 aromatic heterocycles. The number of amides is 2. The lowest BCUT2D eigenvalue weighted by Gasteiger charge is -2.06. The number of anilines is 1. The lowest BCUT2D eigenvalue weighted by atomic mass is 10.2. The highest BCUT2D eigenvalue weighted by Gasteiger charge is 2.10. The molecule has 0 aliphatic carbocycles. The van der Waals surface area contributed by atoms with Gasteiger partial charge in [0.15, 0.2) is 0 Å². The number of carbonyl (C=O) groups excluding carboxylic acids is 2. The van der Waals surface area contributed by atoms with Crippen molar-refractivity contribution >= 4 is 33.6 Å². The Labute approximate surface area is 101 Å². The number of nitrogens with zero attached hydrogens (tertiary/aromatic N) is 1. The maximum atomic E-state index is 11.6. The number of rotatable bonds is 4. The molecule has 1 aromatic rings. The van der Waals surface area contributed by atoms with Crippen LogP contribution in [0.4, 0.5) is 5.82 Å². The predicted octanol–water partition coefficient (Wildman–Crippen LogP) is 0.0315. The minimum Gasteiger partial charge on any atom is -0.383 e. The van der Waals surface area contributed by atoms with E-state index in [1.54, 1.807) is 6.07 Å². The van der Waals surface area contributed by atoms with Gasteiger partial charge in [-0.15, -0.1) is 0 Å². The quantitative estimate of drug-likeness (QED) is 0.725. The number of hydrogen-bond acceptors (Lipinski definition) is 4. The summed E-state index contributed by atoms with van der Waals surface area (Å²) in [6.07, 6.45) is 1.59. The number of carbonyl (C=O) groups is 2. The maximum absolute atomic E-state index is 11.6. The molecule has 0 unspecified atom stereocenters. The molecular formula is C9H11BrN4O2. The number of primary amides is 1. The van der Waals surface area contributed by atoms with Crippen LogP contribution >= 0.6 is 15.9 Å². The normalized spacial score (nSPS) is 9.81. The van der Waals surface area contributed by atoms with Crippen LogP contribution in [0, 0.1) is 0 Å². The highest BCUT2D eigenvalue weighted by molar-refractivity contribution is 9.10. The first-order chi connectivity index (χ1) is 7.50. The van der Waals surface area contributed by atoms with Crippen molar-refractivity contribution in [3.63, 3.8) is 0 Å². The zero-order chi connectivity index (χ0) is 12.1. The Kier molecular flexibility index (Phi) is 4.24. The monoisotopic (exact) mass is 286 g/mol. The van der Waals surface area contributed by atoms with Crippen molar-refractivity contribution in [2.24, 2.45) is 5.73 Å². The number of nitrogens with two attached hydrogens (primary N) is 2. The minimum absolute atomic E-state index is 0.0904. The summed E-state index contributed by atoms with van der Waals surface area (Å²) < 4.78 is 0.654. The topological polar surface area (TPSA) is 111 Å². The van der Waals surface area contributed by atoms with Gasteiger partial charge in [0.05, 0.1) is 5.56 Å². The molecule has 0 aromatic carbocycles. The van der Waals surface area contributed by atoms with Crippen LogP contribution in [-0.4, -0.2) is 23.3 Å². The molecule has 0 saturated carbocycles. The van der Waals surface area contributed by atoms with Crippen molar-refractivity contribution in [1.29, 1.82) is 0 Å². The van der Waals surface area contributed by atoms with Gasteiger partial charge in [0.1, 0.15) is 5.82 Å². The van der Waals surface area contributed by atoms with E-state index >= 15 is 0 Å². The Morgan fingerprint density at radius 1 is 1.50 bits per heavy atom. The largest absolute Gasteiger partial charge is 0.383 e. The molecule has 2 amide bonds. The van der Waals surface area contributed by atoms with Gasteiger partial charge in [0.25, 0.3) is 5.91 Å². The van der Waals surface area contributed by atoms with Gasteiger partial charge in [-0.25, -0.2) is 4.98 Å². The van der Waals surface area contributed by atoms with E-state index in [9.17, 15) is 9.59 Å². The standard InChI is InChI=1S/C9H11BrN4O2/c10-5-3-6(8(12)14-4-5)9(16)13-2-1-7(11)15/h3-4H,1-2H2,(H2,11,15)(H2,12,14)(H,13,16). The number of halogens is 1. The first-order valence-electron chi connectivity index (χ1n) is 4.48. The van der Waals surface area contributed by atoms with Gasteiger partial charge < -0.3 is 16.8 Å². The number of pyridine rings is 1. The number of hydrogen-bond donors (Lipinski definition) is 3. The van der Waals surface area contributed by atoms with E-state index in [1.807, 2.05) is 0 Å². The third-order valence-corrected chi connectivity index (χ3v) is 2.22. The fourth-order valence-corrected chi connectivity index (χ4v) is 1.36. The van der Waals surface area contributed by atoms with Crippen LogP contribution in [0.5, 0.6) is 0 Å². The summed E-state index contributed by atoms with van der Waals surface area (Å²) in [7, 11) is 0. The molecule has 0 radical (unpaired) electrons. The molecule has 1 heterocycles. The van der Waals surface area contributed by atoms with Crippen molar-refractivity contribution in [3.05, 3.63) is 22.3 Å². The van der Waals surface area contributed by atoms with Gasteiger partial charge in [0.2, 0.25) is 5.91 Å². The number of nitrogen functional groups attached to an aromatic ring is 1. The predicted molar refractivity (Wildman–Crippen MR) is 62.5 cm³/mol. The van der Waals surface area contributed by atoms with Gasteiger partial charge in [-0.2, -0.15) is 0 Å². The van der Waals surface area contributed by atoms with Crippen molar-refractivity contribution in [3.8, 4) is 0 Å². The van der Waals surface area contributed by atoms with E-state index in [0.29, 0.717) is 4.47 Å².